The summed E-state index contributed by atoms with van der Waals surface area (Å²) in [5.74, 6) is 0.587. The van der Waals surface area contributed by atoms with Crippen molar-refractivity contribution in [3.05, 3.63) is 0 Å². The van der Waals surface area contributed by atoms with Crippen molar-refractivity contribution in [2.24, 2.45) is 11.8 Å². The molecule has 16 heavy (non-hydrogen) atoms. The van der Waals surface area contributed by atoms with Crippen LogP contribution in [0.15, 0.2) is 0 Å². The van der Waals surface area contributed by atoms with Crippen molar-refractivity contribution in [2.75, 3.05) is 6.26 Å². The lowest BCUT2D eigenvalue weighted by Crippen LogP contribution is -2.42. The van der Waals surface area contributed by atoms with Crippen LogP contribution < -0.4 is 0 Å². The molecule has 1 N–H and O–H groups in total. The zero-order valence-corrected chi connectivity index (χ0v) is 11.0. The normalized spacial score (nSPS) is 35.7. The van der Waals surface area contributed by atoms with Crippen LogP contribution in [0.2, 0.25) is 0 Å². The molecule has 0 heterocycles. The van der Waals surface area contributed by atoms with E-state index in [0.29, 0.717) is 12.3 Å². The van der Waals surface area contributed by atoms with Gasteiger partial charge < -0.3 is 5.11 Å². The molecule has 2 saturated carbocycles. The molecule has 0 amide bonds. The van der Waals surface area contributed by atoms with Crippen LogP contribution in [0.4, 0.5) is 0 Å². The lowest BCUT2D eigenvalue weighted by Gasteiger charge is -2.38. The number of aliphatic hydroxyl groups is 1. The maximum Gasteiger partial charge on any atom is 0.150 e. The van der Waals surface area contributed by atoms with Gasteiger partial charge in [0.2, 0.25) is 0 Å². The zero-order valence-electron chi connectivity index (χ0n) is 10.1. The molecule has 3 nitrogen and oxygen atoms in total. The summed E-state index contributed by atoms with van der Waals surface area (Å²) in [5.41, 5.74) is -0.636. The molecule has 0 bridgehead atoms. The highest BCUT2D eigenvalue weighted by molar-refractivity contribution is 7.91. The van der Waals surface area contributed by atoms with Gasteiger partial charge in [0.25, 0.3) is 0 Å². The van der Waals surface area contributed by atoms with Gasteiger partial charge in [-0.2, -0.15) is 0 Å². The van der Waals surface area contributed by atoms with Crippen molar-refractivity contribution in [1.29, 1.82) is 0 Å². The molecule has 0 aromatic carbocycles. The lowest BCUT2D eigenvalue weighted by atomic mass is 9.75. The van der Waals surface area contributed by atoms with Gasteiger partial charge in [0.15, 0.2) is 0 Å². The van der Waals surface area contributed by atoms with Gasteiger partial charge in [-0.25, -0.2) is 8.42 Å². The Kier molecular flexibility index (Phi) is 3.08. The Morgan fingerprint density at radius 2 is 1.75 bits per heavy atom. The molecular formula is C12H22O3S. The standard InChI is InChI=1S/C12H22O3S/c1-12(13,9-6-7-9)10-4-3-5-11(8-10)16(2,14)15/h9-11,13H,3-8H2,1-2H3. The summed E-state index contributed by atoms with van der Waals surface area (Å²) in [5, 5.41) is 10.2. The fourth-order valence-corrected chi connectivity index (χ4v) is 4.24. The van der Waals surface area contributed by atoms with Crippen molar-refractivity contribution < 1.29 is 13.5 Å². The third-order valence-electron chi connectivity index (χ3n) is 4.46. The molecule has 3 unspecified atom stereocenters. The maximum atomic E-state index is 11.6. The van der Waals surface area contributed by atoms with Crippen LogP contribution in [-0.2, 0) is 9.84 Å². The van der Waals surface area contributed by atoms with Gasteiger partial charge in [0.1, 0.15) is 9.84 Å². The minimum Gasteiger partial charge on any atom is -0.390 e. The zero-order chi connectivity index (χ0) is 12.0. The number of hydrogen-bond acceptors (Lipinski definition) is 3. The predicted octanol–water partition coefficient (Wildman–Crippen LogP) is 1.75. The van der Waals surface area contributed by atoms with Crippen molar-refractivity contribution >= 4 is 9.84 Å². The minimum atomic E-state index is -2.94. The molecule has 0 radical (unpaired) electrons. The quantitative estimate of drug-likeness (QED) is 0.825. The van der Waals surface area contributed by atoms with E-state index in [2.05, 4.69) is 0 Å². The molecule has 4 heteroatoms. The number of sulfone groups is 1. The van der Waals surface area contributed by atoms with Gasteiger partial charge in [-0.15, -0.1) is 0 Å². The van der Waals surface area contributed by atoms with E-state index < -0.39 is 15.4 Å². The first kappa shape index (κ1) is 12.4. The largest absolute Gasteiger partial charge is 0.390 e. The molecule has 2 rings (SSSR count). The van der Waals surface area contributed by atoms with E-state index in [0.717, 1.165) is 32.1 Å². The third kappa shape index (κ3) is 2.43. The summed E-state index contributed by atoms with van der Waals surface area (Å²) >= 11 is 0. The summed E-state index contributed by atoms with van der Waals surface area (Å²) in [6.45, 7) is 1.90. The molecule has 3 atom stereocenters. The van der Waals surface area contributed by atoms with E-state index in [-0.39, 0.29) is 11.2 Å². The highest BCUT2D eigenvalue weighted by atomic mass is 32.2. The summed E-state index contributed by atoms with van der Waals surface area (Å²) in [6.07, 6.45) is 6.88. The maximum absolute atomic E-state index is 11.6. The van der Waals surface area contributed by atoms with Crippen LogP contribution in [0, 0.1) is 11.8 Å². The molecule has 2 aliphatic carbocycles. The Balaban J connectivity index is 2.07. The van der Waals surface area contributed by atoms with Crippen molar-refractivity contribution in [2.45, 2.75) is 56.3 Å². The van der Waals surface area contributed by atoms with E-state index in [1.807, 2.05) is 6.92 Å². The Morgan fingerprint density at radius 1 is 1.12 bits per heavy atom. The first-order chi connectivity index (χ1) is 7.32. The Labute approximate surface area is 98.2 Å². The van der Waals surface area contributed by atoms with Crippen molar-refractivity contribution in [3.63, 3.8) is 0 Å². The molecule has 2 aliphatic rings. The summed E-state index contributed by atoms with van der Waals surface area (Å²) in [7, 11) is -2.94. The molecule has 0 spiro atoms. The predicted molar refractivity (Wildman–Crippen MR) is 63.9 cm³/mol. The van der Waals surface area contributed by atoms with Crippen LogP contribution in [0.5, 0.6) is 0 Å². The average molecular weight is 246 g/mol. The van der Waals surface area contributed by atoms with E-state index >= 15 is 0 Å². The van der Waals surface area contributed by atoms with Gasteiger partial charge in [0.05, 0.1) is 10.9 Å². The SMILES string of the molecule is CC(O)(C1CC1)C1CCCC(S(C)(=O)=O)C1. The van der Waals surface area contributed by atoms with Crippen LogP contribution in [-0.4, -0.2) is 30.6 Å². The van der Waals surface area contributed by atoms with E-state index in [1.54, 1.807) is 0 Å². The second-order valence-electron chi connectivity index (χ2n) is 5.82. The smallest absolute Gasteiger partial charge is 0.150 e. The Morgan fingerprint density at radius 3 is 2.25 bits per heavy atom. The van der Waals surface area contributed by atoms with Crippen LogP contribution in [0.25, 0.3) is 0 Å². The molecule has 2 fully saturated rings. The van der Waals surface area contributed by atoms with Gasteiger partial charge in [-0.1, -0.05) is 6.42 Å². The fraction of sp³-hybridized carbons (Fsp3) is 1.00. The Hall–Kier alpha value is -0.0900. The third-order valence-corrected chi connectivity index (χ3v) is 6.10. The van der Waals surface area contributed by atoms with Gasteiger partial charge in [-0.05, 0) is 50.9 Å². The van der Waals surface area contributed by atoms with Crippen molar-refractivity contribution in [3.8, 4) is 0 Å². The topological polar surface area (TPSA) is 54.4 Å². The highest BCUT2D eigenvalue weighted by Crippen LogP contribution is 2.48. The molecule has 94 valence electrons. The van der Waals surface area contributed by atoms with E-state index in [4.69, 9.17) is 0 Å². The van der Waals surface area contributed by atoms with E-state index in [1.165, 1.54) is 6.26 Å². The second-order valence-corrected chi connectivity index (χ2v) is 8.14. The first-order valence-corrected chi connectivity index (χ1v) is 8.18. The molecule has 0 aromatic heterocycles. The summed E-state index contributed by atoms with van der Waals surface area (Å²) in [6, 6.07) is 0. The van der Waals surface area contributed by atoms with Crippen LogP contribution in [0.1, 0.15) is 45.4 Å². The second kappa shape index (κ2) is 3.98. The molecular weight excluding hydrogens is 224 g/mol. The fourth-order valence-electron chi connectivity index (χ4n) is 3.07. The van der Waals surface area contributed by atoms with Crippen LogP contribution in [0.3, 0.4) is 0 Å². The molecule has 0 saturated heterocycles. The monoisotopic (exact) mass is 246 g/mol. The number of hydrogen-bond donors (Lipinski definition) is 1. The van der Waals surface area contributed by atoms with Crippen molar-refractivity contribution in [1.82, 2.24) is 0 Å². The summed E-state index contributed by atoms with van der Waals surface area (Å²) < 4.78 is 23.1. The molecule has 0 aliphatic heterocycles. The van der Waals surface area contributed by atoms with Crippen LogP contribution >= 0.6 is 0 Å². The lowest BCUT2D eigenvalue weighted by molar-refractivity contribution is -0.0351. The highest BCUT2D eigenvalue weighted by Gasteiger charge is 2.47. The van der Waals surface area contributed by atoms with Gasteiger partial charge in [-0.3, -0.25) is 0 Å². The number of rotatable bonds is 3. The first-order valence-electron chi connectivity index (χ1n) is 6.23. The van der Waals surface area contributed by atoms with Gasteiger partial charge in [0, 0.05) is 6.26 Å². The summed E-state index contributed by atoms with van der Waals surface area (Å²) in [4.78, 5) is 0. The average Bonchev–Trinajstić information content (AvgIpc) is 3.00. The minimum absolute atomic E-state index is 0.175. The molecule has 0 aromatic rings. The Bertz CT molecular complexity index is 354. The van der Waals surface area contributed by atoms with E-state index in [9.17, 15) is 13.5 Å². The van der Waals surface area contributed by atoms with Gasteiger partial charge >= 0.3 is 0 Å².